The number of rotatable bonds is 7. The minimum Gasteiger partial charge on any atom is -0.407 e. The molecule has 0 saturated carbocycles. The lowest BCUT2D eigenvalue weighted by atomic mass is 10.1. The molecule has 8 heteroatoms. The van der Waals surface area contributed by atoms with Crippen LogP contribution in [0.3, 0.4) is 0 Å². The Morgan fingerprint density at radius 3 is 2.52 bits per heavy atom. The molecule has 2 aromatic rings. The van der Waals surface area contributed by atoms with Crippen LogP contribution in [-0.4, -0.2) is 30.8 Å². The van der Waals surface area contributed by atoms with Crippen LogP contribution in [0.4, 0.5) is 6.01 Å². The zero-order chi connectivity index (χ0) is 16.9. The highest BCUT2D eigenvalue weighted by molar-refractivity contribution is 7.90. The van der Waals surface area contributed by atoms with Gasteiger partial charge in [-0.15, -0.1) is 5.10 Å². The molecule has 0 fully saturated rings. The third-order valence-corrected chi connectivity index (χ3v) is 4.31. The van der Waals surface area contributed by atoms with Crippen molar-refractivity contribution in [1.82, 2.24) is 10.2 Å². The standard InChI is InChI=1S/C15H19N3O4S/c1-3-4-5-13(19)16-15-18-17-14(22-15)10-11-6-8-12(9-7-11)23(2,20)21/h6-9H,3-5,10H2,1-2H3,(H,16,18,19). The van der Waals surface area contributed by atoms with Crippen LogP contribution < -0.4 is 5.32 Å². The number of carbonyl (C=O) groups is 1. The Bertz CT molecular complexity index is 766. The number of nitrogens with zero attached hydrogens (tertiary/aromatic N) is 2. The number of hydrogen-bond acceptors (Lipinski definition) is 6. The number of amides is 1. The highest BCUT2D eigenvalue weighted by atomic mass is 32.2. The minimum absolute atomic E-state index is 0.0776. The maximum Gasteiger partial charge on any atom is 0.322 e. The van der Waals surface area contributed by atoms with E-state index in [0.717, 1.165) is 24.7 Å². The summed E-state index contributed by atoms with van der Waals surface area (Å²) >= 11 is 0. The maximum atomic E-state index is 11.6. The Kier molecular flexibility index (Phi) is 5.49. The normalized spacial score (nSPS) is 11.4. The molecule has 0 bridgehead atoms. The number of aromatic nitrogens is 2. The van der Waals surface area contributed by atoms with Crippen LogP contribution in [0.1, 0.15) is 37.6 Å². The highest BCUT2D eigenvalue weighted by Gasteiger charge is 2.11. The molecule has 0 saturated heterocycles. The van der Waals surface area contributed by atoms with Crippen LogP contribution in [0.5, 0.6) is 0 Å². The van der Waals surface area contributed by atoms with Gasteiger partial charge in [0.15, 0.2) is 9.84 Å². The molecule has 7 nitrogen and oxygen atoms in total. The van der Waals surface area contributed by atoms with Gasteiger partial charge < -0.3 is 4.42 Å². The predicted octanol–water partition coefficient (Wildman–Crippen LogP) is 2.19. The molecule has 1 amide bonds. The second-order valence-electron chi connectivity index (χ2n) is 5.25. The van der Waals surface area contributed by atoms with Crippen molar-refractivity contribution in [2.45, 2.75) is 37.5 Å². The summed E-state index contributed by atoms with van der Waals surface area (Å²) in [7, 11) is -3.21. The van der Waals surface area contributed by atoms with Gasteiger partial charge in [0.2, 0.25) is 11.8 Å². The van der Waals surface area contributed by atoms with Crippen molar-refractivity contribution >= 4 is 21.8 Å². The summed E-state index contributed by atoms with van der Waals surface area (Å²) in [6, 6.07) is 6.54. The van der Waals surface area contributed by atoms with Crippen molar-refractivity contribution in [3.8, 4) is 0 Å². The molecule has 1 N–H and O–H groups in total. The fraction of sp³-hybridized carbons (Fsp3) is 0.400. The number of nitrogens with one attached hydrogen (secondary N) is 1. The first-order valence-electron chi connectivity index (χ1n) is 7.29. The van der Waals surface area contributed by atoms with Crippen molar-refractivity contribution in [3.05, 3.63) is 35.7 Å². The number of anilines is 1. The Morgan fingerprint density at radius 1 is 1.22 bits per heavy atom. The van der Waals surface area contributed by atoms with Gasteiger partial charge in [0.25, 0.3) is 0 Å². The number of sulfone groups is 1. The fourth-order valence-electron chi connectivity index (χ4n) is 1.92. The molecule has 1 aromatic heterocycles. The quantitative estimate of drug-likeness (QED) is 0.831. The molecular formula is C15H19N3O4S. The number of benzene rings is 1. The van der Waals surface area contributed by atoms with E-state index < -0.39 is 9.84 Å². The van der Waals surface area contributed by atoms with E-state index in [1.165, 1.54) is 12.1 Å². The fourth-order valence-corrected chi connectivity index (χ4v) is 2.55. The van der Waals surface area contributed by atoms with Gasteiger partial charge >= 0.3 is 6.01 Å². The van der Waals surface area contributed by atoms with E-state index >= 15 is 0 Å². The summed E-state index contributed by atoms with van der Waals surface area (Å²) in [6.07, 6.45) is 3.68. The Labute approximate surface area is 135 Å². The monoisotopic (exact) mass is 337 g/mol. The van der Waals surface area contributed by atoms with Crippen molar-refractivity contribution in [3.63, 3.8) is 0 Å². The summed E-state index contributed by atoms with van der Waals surface area (Å²) in [5, 5.41) is 10.2. The van der Waals surface area contributed by atoms with Gasteiger partial charge in [0.05, 0.1) is 11.3 Å². The molecular weight excluding hydrogens is 318 g/mol. The SMILES string of the molecule is CCCCC(=O)Nc1nnc(Cc2ccc(S(C)(=O)=O)cc2)o1. The number of carbonyl (C=O) groups excluding carboxylic acids is 1. The van der Waals surface area contributed by atoms with Crippen molar-refractivity contribution in [2.24, 2.45) is 0 Å². The molecule has 0 atom stereocenters. The molecule has 0 aliphatic rings. The molecule has 23 heavy (non-hydrogen) atoms. The molecule has 0 radical (unpaired) electrons. The van der Waals surface area contributed by atoms with Gasteiger partial charge in [-0.3, -0.25) is 10.1 Å². The van der Waals surface area contributed by atoms with Crippen LogP contribution in [0.15, 0.2) is 33.6 Å². The number of hydrogen-bond donors (Lipinski definition) is 1. The molecule has 124 valence electrons. The van der Waals surface area contributed by atoms with Crippen molar-refractivity contribution in [2.75, 3.05) is 11.6 Å². The summed E-state index contributed by atoms with van der Waals surface area (Å²) in [5.74, 6) is 0.197. The summed E-state index contributed by atoms with van der Waals surface area (Å²) < 4.78 is 28.2. The molecule has 0 aliphatic heterocycles. The molecule has 0 spiro atoms. The molecule has 2 rings (SSSR count). The van der Waals surface area contributed by atoms with E-state index in [2.05, 4.69) is 15.5 Å². The predicted molar refractivity (Wildman–Crippen MR) is 84.8 cm³/mol. The molecule has 0 unspecified atom stereocenters. The second kappa shape index (κ2) is 7.36. The van der Waals surface area contributed by atoms with Gasteiger partial charge in [-0.1, -0.05) is 30.6 Å². The zero-order valence-electron chi connectivity index (χ0n) is 13.1. The lowest BCUT2D eigenvalue weighted by molar-refractivity contribution is -0.116. The van der Waals surface area contributed by atoms with E-state index in [1.54, 1.807) is 12.1 Å². The third-order valence-electron chi connectivity index (χ3n) is 3.18. The molecule has 0 aliphatic carbocycles. The van der Waals surface area contributed by atoms with Crippen LogP contribution in [0.2, 0.25) is 0 Å². The Hall–Kier alpha value is -2.22. The maximum absolute atomic E-state index is 11.6. The van der Waals surface area contributed by atoms with Gasteiger partial charge in [0, 0.05) is 12.7 Å². The van der Waals surface area contributed by atoms with E-state index in [0.29, 0.717) is 18.7 Å². The van der Waals surface area contributed by atoms with Gasteiger partial charge in [-0.05, 0) is 24.1 Å². The van der Waals surface area contributed by atoms with Gasteiger partial charge in [-0.2, -0.15) is 0 Å². The second-order valence-corrected chi connectivity index (χ2v) is 7.26. The van der Waals surface area contributed by atoms with E-state index in [1.807, 2.05) is 6.92 Å². The summed E-state index contributed by atoms with van der Waals surface area (Å²) in [6.45, 7) is 2.01. The first-order chi connectivity index (χ1) is 10.9. The first kappa shape index (κ1) is 17.1. The summed E-state index contributed by atoms with van der Waals surface area (Å²) in [4.78, 5) is 11.8. The molecule has 1 aromatic carbocycles. The average molecular weight is 337 g/mol. The van der Waals surface area contributed by atoms with Gasteiger partial charge in [-0.25, -0.2) is 8.42 Å². The first-order valence-corrected chi connectivity index (χ1v) is 9.19. The zero-order valence-corrected chi connectivity index (χ0v) is 13.9. The Balaban J connectivity index is 1.97. The molecule has 1 heterocycles. The lowest BCUT2D eigenvalue weighted by Crippen LogP contribution is -2.11. The van der Waals surface area contributed by atoms with Crippen LogP contribution >= 0.6 is 0 Å². The van der Waals surface area contributed by atoms with Crippen LogP contribution in [0.25, 0.3) is 0 Å². The average Bonchev–Trinajstić information content (AvgIpc) is 2.91. The largest absolute Gasteiger partial charge is 0.407 e. The smallest absolute Gasteiger partial charge is 0.322 e. The van der Waals surface area contributed by atoms with E-state index in [-0.39, 0.29) is 16.8 Å². The van der Waals surface area contributed by atoms with Crippen molar-refractivity contribution < 1.29 is 17.6 Å². The van der Waals surface area contributed by atoms with Gasteiger partial charge in [0.1, 0.15) is 0 Å². The summed E-state index contributed by atoms with van der Waals surface area (Å²) in [5.41, 5.74) is 0.838. The highest BCUT2D eigenvalue weighted by Crippen LogP contribution is 2.15. The van der Waals surface area contributed by atoms with E-state index in [9.17, 15) is 13.2 Å². The Morgan fingerprint density at radius 2 is 1.91 bits per heavy atom. The van der Waals surface area contributed by atoms with Crippen molar-refractivity contribution in [1.29, 1.82) is 0 Å². The van der Waals surface area contributed by atoms with E-state index in [4.69, 9.17) is 4.42 Å². The third kappa shape index (κ3) is 5.17. The topological polar surface area (TPSA) is 102 Å². The van der Waals surface area contributed by atoms with Crippen LogP contribution in [-0.2, 0) is 21.1 Å². The lowest BCUT2D eigenvalue weighted by Gasteiger charge is -2.00. The van der Waals surface area contributed by atoms with Crippen LogP contribution in [0, 0.1) is 0 Å². The number of unbranched alkanes of at least 4 members (excludes halogenated alkanes) is 1. The minimum atomic E-state index is -3.21.